The van der Waals surface area contributed by atoms with Gasteiger partial charge in [0.15, 0.2) is 12.2 Å². The van der Waals surface area contributed by atoms with Crippen LogP contribution in [0.1, 0.15) is 75.3 Å². The lowest BCUT2D eigenvalue weighted by atomic mass is 9.72. The molecule has 38 heavy (non-hydrogen) atoms. The molecule has 1 saturated carbocycles. The summed E-state index contributed by atoms with van der Waals surface area (Å²) >= 11 is 0. The number of likely N-dealkylation sites (tertiary alicyclic amines) is 1. The molecule has 3 atom stereocenters. The van der Waals surface area contributed by atoms with Gasteiger partial charge in [-0.25, -0.2) is 4.98 Å². The number of oxazole rings is 1. The molecule has 2 heterocycles. The molecule has 1 aliphatic heterocycles. The largest absolute Gasteiger partial charge is 0.444 e. The van der Waals surface area contributed by atoms with Crippen molar-refractivity contribution in [2.75, 3.05) is 18.4 Å². The quantitative estimate of drug-likeness (QED) is 0.422. The first-order valence-corrected chi connectivity index (χ1v) is 14.2. The average molecular weight is 512 g/mol. The number of hydrogen-bond donors (Lipinski definition) is 1. The zero-order valence-electron chi connectivity index (χ0n) is 22.2. The van der Waals surface area contributed by atoms with Crippen LogP contribution < -0.4 is 5.32 Å². The minimum Gasteiger partial charge on any atom is -0.444 e. The predicted octanol–water partition coefficient (Wildman–Crippen LogP) is 6.54. The van der Waals surface area contributed by atoms with Crippen LogP contribution >= 0.6 is 0 Å². The van der Waals surface area contributed by atoms with E-state index in [9.17, 15) is 9.59 Å². The Labute approximate surface area is 224 Å². The van der Waals surface area contributed by atoms with Gasteiger partial charge >= 0.3 is 0 Å². The smallest absolute Gasteiger partial charge is 0.225 e. The lowest BCUT2D eigenvalue weighted by Gasteiger charge is -2.42. The van der Waals surface area contributed by atoms with Crippen molar-refractivity contribution in [3.05, 3.63) is 72.2 Å². The Morgan fingerprint density at radius 2 is 1.95 bits per heavy atom. The van der Waals surface area contributed by atoms with Gasteiger partial charge in [0.05, 0.1) is 6.20 Å². The Hall–Kier alpha value is -3.41. The van der Waals surface area contributed by atoms with Crippen LogP contribution in [0.4, 0.5) is 5.69 Å². The highest BCUT2D eigenvalue weighted by atomic mass is 16.3. The molecular formula is C32H37N3O3. The predicted molar refractivity (Wildman–Crippen MR) is 148 cm³/mol. The van der Waals surface area contributed by atoms with Gasteiger partial charge in [0.25, 0.3) is 0 Å². The molecule has 198 valence electrons. The molecule has 1 aromatic heterocycles. The maximum atomic E-state index is 13.3. The summed E-state index contributed by atoms with van der Waals surface area (Å²) in [5.74, 6) is 2.13. The van der Waals surface area contributed by atoms with E-state index in [0.29, 0.717) is 24.0 Å². The van der Waals surface area contributed by atoms with Crippen molar-refractivity contribution in [3.8, 4) is 11.3 Å². The van der Waals surface area contributed by atoms with Crippen LogP contribution in [-0.2, 0) is 15.0 Å². The minimum absolute atomic E-state index is 0.0237. The summed E-state index contributed by atoms with van der Waals surface area (Å²) in [6, 6.07) is 16.4. The lowest BCUT2D eigenvalue weighted by Crippen LogP contribution is -2.47. The zero-order chi connectivity index (χ0) is 26.1. The monoisotopic (exact) mass is 511 g/mol. The van der Waals surface area contributed by atoms with Crippen LogP contribution in [-0.4, -0.2) is 34.8 Å². The van der Waals surface area contributed by atoms with Gasteiger partial charge in [0.2, 0.25) is 11.8 Å². The number of benzene rings is 2. The van der Waals surface area contributed by atoms with Gasteiger partial charge in [-0.3, -0.25) is 9.59 Å². The van der Waals surface area contributed by atoms with E-state index in [1.807, 2.05) is 24.3 Å². The Morgan fingerprint density at radius 3 is 2.74 bits per heavy atom. The highest BCUT2D eigenvalue weighted by molar-refractivity contribution is 5.92. The summed E-state index contributed by atoms with van der Waals surface area (Å²) in [6.07, 6.45) is 11.0. The third kappa shape index (κ3) is 4.89. The summed E-state index contributed by atoms with van der Waals surface area (Å²) in [6.45, 7) is 3.93. The second-order valence-corrected chi connectivity index (χ2v) is 11.8. The van der Waals surface area contributed by atoms with Gasteiger partial charge < -0.3 is 14.6 Å². The van der Waals surface area contributed by atoms with E-state index in [1.54, 1.807) is 6.20 Å². The number of hydrogen-bond acceptors (Lipinski definition) is 4. The van der Waals surface area contributed by atoms with E-state index in [4.69, 9.17) is 4.42 Å². The molecule has 6 nitrogen and oxygen atoms in total. The van der Waals surface area contributed by atoms with Crippen molar-refractivity contribution in [1.29, 1.82) is 0 Å². The van der Waals surface area contributed by atoms with Gasteiger partial charge in [-0.05, 0) is 72.6 Å². The highest BCUT2D eigenvalue weighted by Crippen LogP contribution is 2.53. The first-order valence-electron chi connectivity index (χ1n) is 14.2. The summed E-state index contributed by atoms with van der Waals surface area (Å²) in [5.41, 5.74) is 4.40. The third-order valence-electron chi connectivity index (χ3n) is 9.22. The summed E-state index contributed by atoms with van der Waals surface area (Å²) in [7, 11) is 0. The number of anilines is 1. The van der Waals surface area contributed by atoms with Gasteiger partial charge in [-0.15, -0.1) is 0 Å². The number of nitrogens with one attached hydrogen (secondary N) is 1. The molecule has 2 amide bonds. The van der Waals surface area contributed by atoms with E-state index in [2.05, 4.69) is 46.4 Å². The number of rotatable bonds is 5. The molecule has 0 radical (unpaired) electrons. The number of aromatic nitrogens is 1. The Balaban J connectivity index is 1.12. The third-order valence-corrected chi connectivity index (χ3v) is 9.22. The van der Waals surface area contributed by atoms with Crippen molar-refractivity contribution in [1.82, 2.24) is 9.88 Å². The minimum atomic E-state index is 0.0237. The molecular weight excluding hydrogens is 474 g/mol. The Bertz CT molecular complexity index is 1290. The second kappa shape index (κ2) is 10.4. The van der Waals surface area contributed by atoms with Crippen molar-refractivity contribution in [2.45, 2.75) is 69.6 Å². The number of amides is 2. The number of nitrogens with zero attached hydrogens (tertiary/aromatic N) is 2. The van der Waals surface area contributed by atoms with Gasteiger partial charge in [0.1, 0.15) is 0 Å². The molecule has 6 heteroatoms. The van der Waals surface area contributed by atoms with E-state index in [-0.39, 0.29) is 23.2 Å². The van der Waals surface area contributed by atoms with Crippen molar-refractivity contribution in [3.63, 3.8) is 0 Å². The van der Waals surface area contributed by atoms with Crippen LogP contribution in [0.25, 0.3) is 11.3 Å². The lowest BCUT2D eigenvalue weighted by molar-refractivity contribution is -0.138. The van der Waals surface area contributed by atoms with Gasteiger partial charge in [-0.2, -0.15) is 0 Å². The fourth-order valence-electron chi connectivity index (χ4n) is 7.30. The Morgan fingerprint density at radius 1 is 1.11 bits per heavy atom. The number of carbonyl (C=O) groups is 2. The summed E-state index contributed by atoms with van der Waals surface area (Å²) in [5, 5.41) is 3.10. The molecule has 2 fully saturated rings. The standard InChI is InChI=1S/C32H37N3O3/c1-22-6-4-8-24(16-22)31(37)35-14-12-32(13-15-35)19-25(27-10-2-3-11-28(27)32)18-30(36)34-26-9-5-7-23(17-26)29-20-33-21-38-29/h2-3,5,7,9-11,17,20-22,24-25H,4,6,8,12-16,18-19H2,1H3,(H,34,36). The molecule has 2 aromatic carbocycles. The molecule has 3 aliphatic rings. The van der Waals surface area contributed by atoms with Crippen LogP contribution in [0.5, 0.6) is 0 Å². The van der Waals surface area contributed by atoms with Gasteiger partial charge in [-0.1, -0.05) is 56.2 Å². The normalized spacial score (nSPS) is 24.2. The first-order chi connectivity index (χ1) is 18.5. The molecule has 1 N–H and O–H groups in total. The summed E-state index contributed by atoms with van der Waals surface area (Å²) in [4.78, 5) is 32.6. The highest BCUT2D eigenvalue weighted by Gasteiger charge is 2.46. The van der Waals surface area contributed by atoms with Crippen LogP contribution in [0.2, 0.25) is 0 Å². The number of fused-ring (bicyclic) bond motifs is 2. The maximum Gasteiger partial charge on any atom is 0.225 e. The van der Waals surface area contributed by atoms with E-state index in [1.165, 1.54) is 30.4 Å². The zero-order valence-corrected chi connectivity index (χ0v) is 22.2. The number of carbonyl (C=O) groups excluding carboxylic acids is 2. The molecule has 3 aromatic rings. The second-order valence-electron chi connectivity index (χ2n) is 11.8. The fourth-order valence-corrected chi connectivity index (χ4v) is 7.30. The van der Waals surface area contributed by atoms with E-state index in [0.717, 1.165) is 56.4 Å². The van der Waals surface area contributed by atoms with Crippen molar-refractivity contribution >= 4 is 17.5 Å². The van der Waals surface area contributed by atoms with E-state index >= 15 is 0 Å². The fraction of sp³-hybridized carbons (Fsp3) is 0.469. The Kier molecular flexibility index (Phi) is 6.81. The van der Waals surface area contributed by atoms with Crippen molar-refractivity contribution < 1.29 is 14.0 Å². The number of piperidine rings is 1. The van der Waals surface area contributed by atoms with Crippen LogP contribution in [0.3, 0.4) is 0 Å². The topological polar surface area (TPSA) is 75.4 Å². The van der Waals surface area contributed by atoms with Crippen LogP contribution in [0.15, 0.2) is 65.5 Å². The molecule has 2 aliphatic carbocycles. The maximum absolute atomic E-state index is 13.3. The first kappa shape index (κ1) is 24.9. The summed E-state index contributed by atoms with van der Waals surface area (Å²) < 4.78 is 5.40. The van der Waals surface area contributed by atoms with E-state index < -0.39 is 0 Å². The van der Waals surface area contributed by atoms with Crippen molar-refractivity contribution in [2.24, 2.45) is 11.8 Å². The SMILES string of the molecule is CC1CCCC(C(=O)N2CCC3(CC2)CC(CC(=O)Nc2cccc(-c4cnco4)c2)c2ccccc23)C1. The molecule has 1 saturated heterocycles. The molecule has 3 unspecified atom stereocenters. The molecule has 6 rings (SSSR count). The average Bonchev–Trinajstić information content (AvgIpc) is 3.57. The molecule has 1 spiro atoms. The van der Waals surface area contributed by atoms with Gasteiger partial charge in [0, 0.05) is 36.7 Å². The van der Waals surface area contributed by atoms with Crippen LogP contribution in [0, 0.1) is 11.8 Å². The molecule has 0 bridgehead atoms.